The standard InChI is InChI=1S/C17H24O2/c1-4-7-8-14-15-12-13(18-11-5-2)9-10-17(15)19-16(14)6-3/h5,9-10,12,14,16H,2,4,6-8,11H2,1,3H3. The van der Waals surface area contributed by atoms with Crippen LogP contribution in [0.2, 0.25) is 0 Å². The van der Waals surface area contributed by atoms with Gasteiger partial charge in [0, 0.05) is 11.5 Å². The molecule has 0 amide bonds. The summed E-state index contributed by atoms with van der Waals surface area (Å²) in [5.74, 6) is 2.48. The molecule has 2 rings (SSSR count). The largest absolute Gasteiger partial charge is 0.490 e. The fourth-order valence-electron chi connectivity index (χ4n) is 2.75. The Hall–Kier alpha value is -1.44. The van der Waals surface area contributed by atoms with E-state index in [1.54, 1.807) is 6.08 Å². The van der Waals surface area contributed by atoms with Crippen molar-refractivity contribution < 1.29 is 9.47 Å². The first kappa shape index (κ1) is 14.0. The molecule has 0 fully saturated rings. The van der Waals surface area contributed by atoms with Gasteiger partial charge in [0.05, 0.1) is 0 Å². The predicted molar refractivity (Wildman–Crippen MR) is 79.1 cm³/mol. The molecule has 1 aliphatic heterocycles. The van der Waals surface area contributed by atoms with Gasteiger partial charge in [-0.05, 0) is 31.0 Å². The Balaban J connectivity index is 2.18. The molecule has 2 nitrogen and oxygen atoms in total. The van der Waals surface area contributed by atoms with Crippen LogP contribution in [0.15, 0.2) is 30.9 Å². The molecule has 0 radical (unpaired) electrons. The van der Waals surface area contributed by atoms with E-state index in [2.05, 4.69) is 26.5 Å². The van der Waals surface area contributed by atoms with E-state index in [0.29, 0.717) is 18.6 Å². The minimum Gasteiger partial charge on any atom is -0.490 e. The molecule has 1 aromatic rings. The third-order valence-corrected chi connectivity index (χ3v) is 3.75. The lowest BCUT2D eigenvalue weighted by Crippen LogP contribution is -2.17. The first-order chi connectivity index (χ1) is 9.30. The van der Waals surface area contributed by atoms with Crippen LogP contribution in [0.1, 0.15) is 51.0 Å². The van der Waals surface area contributed by atoms with Gasteiger partial charge in [-0.3, -0.25) is 0 Å². The monoisotopic (exact) mass is 260 g/mol. The predicted octanol–water partition coefficient (Wildman–Crippen LogP) is 4.70. The molecule has 1 heterocycles. The van der Waals surface area contributed by atoms with Crippen molar-refractivity contribution in [3.8, 4) is 11.5 Å². The molecule has 2 atom stereocenters. The van der Waals surface area contributed by atoms with Crippen molar-refractivity contribution in [2.75, 3.05) is 6.61 Å². The number of hydrogen-bond acceptors (Lipinski definition) is 2. The highest BCUT2D eigenvalue weighted by Gasteiger charge is 2.32. The van der Waals surface area contributed by atoms with E-state index >= 15 is 0 Å². The first-order valence-electron chi connectivity index (χ1n) is 7.34. The molecule has 0 saturated carbocycles. The molecule has 2 heteroatoms. The Morgan fingerprint density at radius 2 is 2.21 bits per heavy atom. The third kappa shape index (κ3) is 3.12. The summed E-state index contributed by atoms with van der Waals surface area (Å²) in [6.07, 6.45) is 6.85. The zero-order valence-corrected chi connectivity index (χ0v) is 12.0. The van der Waals surface area contributed by atoms with Crippen LogP contribution in [0.3, 0.4) is 0 Å². The minimum absolute atomic E-state index is 0.330. The van der Waals surface area contributed by atoms with Crippen LogP contribution in [0.5, 0.6) is 11.5 Å². The van der Waals surface area contributed by atoms with Crippen molar-refractivity contribution >= 4 is 0 Å². The van der Waals surface area contributed by atoms with Crippen molar-refractivity contribution in [2.45, 2.75) is 51.6 Å². The van der Waals surface area contributed by atoms with Gasteiger partial charge in [-0.2, -0.15) is 0 Å². The lowest BCUT2D eigenvalue weighted by molar-refractivity contribution is 0.195. The molecule has 1 aliphatic rings. The Morgan fingerprint density at radius 3 is 2.89 bits per heavy atom. The first-order valence-corrected chi connectivity index (χ1v) is 7.34. The lowest BCUT2D eigenvalue weighted by atomic mass is 9.89. The number of unbranched alkanes of at least 4 members (excludes halogenated alkanes) is 1. The van der Waals surface area contributed by atoms with Gasteiger partial charge < -0.3 is 9.47 Å². The molecular weight excluding hydrogens is 236 g/mol. The maximum Gasteiger partial charge on any atom is 0.123 e. The number of fused-ring (bicyclic) bond motifs is 1. The number of benzene rings is 1. The molecule has 0 saturated heterocycles. The van der Waals surface area contributed by atoms with Crippen molar-refractivity contribution in [1.82, 2.24) is 0 Å². The lowest BCUT2D eigenvalue weighted by Gasteiger charge is -2.17. The molecule has 0 aromatic heterocycles. The summed E-state index contributed by atoms with van der Waals surface area (Å²) in [6.45, 7) is 8.67. The van der Waals surface area contributed by atoms with Crippen LogP contribution >= 0.6 is 0 Å². The van der Waals surface area contributed by atoms with Crippen LogP contribution in [0.4, 0.5) is 0 Å². The van der Waals surface area contributed by atoms with Gasteiger partial charge in [-0.25, -0.2) is 0 Å². The smallest absolute Gasteiger partial charge is 0.123 e. The van der Waals surface area contributed by atoms with Crippen molar-refractivity contribution in [3.05, 3.63) is 36.4 Å². The fourth-order valence-corrected chi connectivity index (χ4v) is 2.75. The van der Waals surface area contributed by atoms with Crippen LogP contribution < -0.4 is 9.47 Å². The van der Waals surface area contributed by atoms with Crippen LogP contribution in [-0.4, -0.2) is 12.7 Å². The molecule has 19 heavy (non-hydrogen) atoms. The Morgan fingerprint density at radius 1 is 1.37 bits per heavy atom. The summed E-state index contributed by atoms with van der Waals surface area (Å²) < 4.78 is 11.7. The molecule has 0 aliphatic carbocycles. The van der Waals surface area contributed by atoms with E-state index in [4.69, 9.17) is 9.47 Å². The van der Waals surface area contributed by atoms with Gasteiger partial charge in [0.2, 0.25) is 0 Å². The van der Waals surface area contributed by atoms with Crippen LogP contribution in [0.25, 0.3) is 0 Å². The van der Waals surface area contributed by atoms with Gasteiger partial charge in [-0.15, -0.1) is 0 Å². The van der Waals surface area contributed by atoms with Gasteiger partial charge in [0.25, 0.3) is 0 Å². The average Bonchev–Trinajstić information content (AvgIpc) is 2.79. The van der Waals surface area contributed by atoms with Gasteiger partial charge in [0.15, 0.2) is 0 Å². The zero-order chi connectivity index (χ0) is 13.7. The maximum atomic E-state index is 6.05. The van der Waals surface area contributed by atoms with E-state index in [0.717, 1.165) is 17.9 Å². The topological polar surface area (TPSA) is 18.5 Å². The summed E-state index contributed by atoms with van der Waals surface area (Å²) in [5, 5.41) is 0. The second-order valence-corrected chi connectivity index (χ2v) is 5.11. The fraction of sp³-hybridized carbons (Fsp3) is 0.529. The average molecular weight is 260 g/mol. The van der Waals surface area contributed by atoms with Gasteiger partial charge in [0.1, 0.15) is 24.2 Å². The maximum absolute atomic E-state index is 6.05. The molecule has 0 spiro atoms. The molecular formula is C17H24O2. The minimum atomic E-state index is 0.330. The Labute approximate surface area is 116 Å². The molecule has 104 valence electrons. The Bertz CT molecular complexity index is 425. The van der Waals surface area contributed by atoms with E-state index < -0.39 is 0 Å². The molecule has 0 bridgehead atoms. The van der Waals surface area contributed by atoms with Crippen molar-refractivity contribution in [2.24, 2.45) is 0 Å². The van der Waals surface area contributed by atoms with Crippen LogP contribution in [0, 0.1) is 0 Å². The molecule has 1 aromatic carbocycles. The van der Waals surface area contributed by atoms with Gasteiger partial charge in [-0.1, -0.05) is 39.3 Å². The van der Waals surface area contributed by atoms with E-state index in [9.17, 15) is 0 Å². The number of ether oxygens (including phenoxy) is 2. The van der Waals surface area contributed by atoms with Crippen molar-refractivity contribution in [1.29, 1.82) is 0 Å². The summed E-state index contributed by atoms with van der Waals surface area (Å²) in [7, 11) is 0. The highest BCUT2D eigenvalue weighted by Crippen LogP contribution is 2.43. The normalized spacial score (nSPS) is 20.7. The molecule has 0 N–H and O–H groups in total. The summed E-state index contributed by atoms with van der Waals surface area (Å²) in [6, 6.07) is 6.18. The molecule has 2 unspecified atom stereocenters. The summed E-state index contributed by atoms with van der Waals surface area (Å²) in [5.41, 5.74) is 1.32. The summed E-state index contributed by atoms with van der Waals surface area (Å²) in [4.78, 5) is 0. The quantitative estimate of drug-likeness (QED) is 0.662. The van der Waals surface area contributed by atoms with E-state index in [1.165, 1.54) is 24.8 Å². The third-order valence-electron chi connectivity index (χ3n) is 3.75. The Kier molecular flexibility index (Phi) is 4.89. The second kappa shape index (κ2) is 6.65. The number of hydrogen-bond donors (Lipinski definition) is 0. The van der Waals surface area contributed by atoms with Crippen molar-refractivity contribution in [3.63, 3.8) is 0 Å². The van der Waals surface area contributed by atoms with E-state index in [-0.39, 0.29) is 0 Å². The summed E-state index contributed by atoms with van der Waals surface area (Å²) >= 11 is 0. The highest BCUT2D eigenvalue weighted by atomic mass is 16.5. The second-order valence-electron chi connectivity index (χ2n) is 5.11. The number of rotatable bonds is 7. The van der Waals surface area contributed by atoms with Crippen LogP contribution in [-0.2, 0) is 0 Å². The zero-order valence-electron chi connectivity index (χ0n) is 12.0. The van der Waals surface area contributed by atoms with E-state index in [1.807, 2.05) is 12.1 Å². The van der Waals surface area contributed by atoms with Gasteiger partial charge >= 0.3 is 0 Å². The SMILES string of the molecule is C=CCOc1ccc2c(c1)C(CCCC)C(CC)O2. The highest BCUT2D eigenvalue weighted by molar-refractivity contribution is 5.46.